The predicted molar refractivity (Wildman–Crippen MR) is 206 cm³/mol. The number of unbranched alkanes of at least 4 members (excludes halogenated alkanes) is 6. The molecule has 0 aromatic heterocycles. The Kier molecular flexibility index (Phi) is 25.2. The van der Waals surface area contributed by atoms with Crippen molar-refractivity contribution in [1.82, 2.24) is 31.1 Å². The number of nitrogens with zero attached hydrogens (tertiary/aromatic N) is 3. The van der Waals surface area contributed by atoms with E-state index >= 15 is 0 Å². The number of hydrogen-bond donors (Lipinski definition) is 8. The molecule has 1 atom stereocenters. The number of nitrogens with one attached hydrogen (secondary N) is 5. The van der Waals surface area contributed by atoms with Gasteiger partial charge in [0.2, 0.25) is 29.5 Å². The number of rotatable bonds is 28. The van der Waals surface area contributed by atoms with E-state index in [1.807, 2.05) is 24.3 Å². The molecular formula is C36H62N8O8S. The molecule has 0 aliphatic heterocycles. The highest BCUT2D eigenvalue weighted by atomic mass is 32.1. The van der Waals surface area contributed by atoms with E-state index in [0.29, 0.717) is 90.9 Å². The maximum atomic E-state index is 12.2. The Hall–Kier alpha value is -4.06. The lowest BCUT2D eigenvalue weighted by Gasteiger charge is -2.16. The Bertz CT molecular complexity index is 1260. The summed E-state index contributed by atoms with van der Waals surface area (Å²) in [5, 5.41) is 46.9. The maximum Gasteiger partial charge on any atom is 0.246 e. The van der Waals surface area contributed by atoms with Crippen molar-refractivity contribution >= 4 is 58.2 Å². The molecule has 0 aliphatic rings. The molecule has 0 saturated heterocycles. The van der Waals surface area contributed by atoms with Gasteiger partial charge in [-0.25, -0.2) is 15.2 Å². The average molecular weight is 767 g/mol. The minimum atomic E-state index is -0.555. The summed E-state index contributed by atoms with van der Waals surface area (Å²) in [6.45, 7) is 7.49. The van der Waals surface area contributed by atoms with Gasteiger partial charge in [-0.15, -0.1) is 0 Å². The number of thiocarbonyl (C=S) groups is 1. The van der Waals surface area contributed by atoms with Crippen LogP contribution in [0.1, 0.15) is 111 Å². The molecule has 300 valence electrons. The van der Waals surface area contributed by atoms with Crippen molar-refractivity contribution in [2.45, 2.75) is 117 Å². The van der Waals surface area contributed by atoms with Crippen molar-refractivity contribution in [2.24, 2.45) is 0 Å². The fourth-order valence-electron chi connectivity index (χ4n) is 4.84. The molecule has 0 saturated carbocycles. The van der Waals surface area contributed by atoms with E-state index in [1.54, 1.807) is 0 Å². The minimum Gasteiger partial charge on any atom is -0.383 e. The minimum absolute atomic E-state index is 0.0442. The third kappa shape index (κ3) is 24.0. The molecule has 1 unspecified atom stereocenters. The molecule has 0 radical (unpaired) electrons. The summed E-state index contributed by atoms with van der Waals surface area (Å²) in [4.78, 5) is 59.3. The molecule has 0 fully saturated rings. The van der Waals surface area contributed by atoms with Crippen LogP contribution in [0.15, 0.2) is 24.3 Å². The summed E-state index contributed by atoms with van der Waals surface area (Å²) in [5.41, 5.74) is 1.95. The van der Waals surface area contributed by atoms with Crippen molar-refractivity contribution < 1.29 is 39.6 Å². The summed E-state index contributed by atoms with van der Waals surface area (Å²) in [6, 6.07) is 8.34. The number of hydrogen-bond acceptors (Lipinski definition) is 10. The lowest BCUT2D eigenvalue weighted by atomic mass is 10.2. The first kappa shape index (κ1) is 47.0. The summed E-state index contributed by atoms with van der Waals surface area (Å²) in [6.07, 6.45) is 6.62. The van der Waals surface area contributed by atoms with Crippen molar-refractivity contribution in [3.63, 3.8) is 0 Å². The van der Waals surface area contributed by atoms with Crippen LogP contribution in [0.5, 0.6) is 0 Å². The molecule has 0 heterocycles. The van der Waals surface area contributed by atoms with Gasteiger partial charge in [-0.1, -0.05) is 6.92 Å². The lowest BCUT2D eigenvalue weighted by Crippen LogP contribution is -2.31. The molecule has 0 aliphatic carbocycles. The molecule has 1 aromatic rings. The number of carbonyl (C=O) groups excluding carboxylic acids is 5. The molecule has 17 heteroatoms. The molecular weight excluding hydrogens is 705 g/mol. The SMILES string of the molecule is CCC(C)Nc1ccc(NC(=S)NCCCCCN(O)C(=O)CCC(=O)NCCCCCN(O)C(=O)CCC(=O)NCCCCCN(O)C(C)=O)cc1. The molecule has 5 amide bonds. The van der Waals surface area contributed by atoms with E-state index in [2.05, 4.69) is 40.4 Å². The van der Waals surface area contributed by atoms with Crippen LogP contribution in [0.3, 0.4) is 0 Å². The van der Waals surface area contributed by atoms with Crippen molar-refractivity contribution in [1.29, 1.82) is 0 Å². The summed E-state index contributed by atoms with van der Waals surface area (Å²) >= 11 is 5.36. The highest BCUT2D eigenvalue weighted by Crippen LogP contribution is 2.15. The zero-order valence-electron chi connectivity index (χ0n) is 31.7. The van der Waals surface area contributed by atoms with Gasteiger partial charge < -0.3 is 26.6 Å². The van der Waals surface area contributed by atoms with Crippen LogP contribution in [0.4, 0.5) is 11.4 Å². The zero-order chi connectivity index (χ0) is 39.4. The van der Waals surface area contributed by atoms with Crippen LogP contribution >= 0.6 is 12.2 Å². The average Bonchev–Trinajstić information content (AvgIpc) is 3.13. The zero-order valence-corrected chi connectivity index (χ0v) is 32.5. The maximum absolute atomic E-state index is 12.2. The van der Waals surface area contributed by atoms with Gasteiger partial charge in [0.25, 0.3) is 0 Å². The van der Waals surface area contributed by atoms with E-state index in [1.165, 1.54) is 6.92 Å². The number of anilines is 2. The monoisotopic (exact) mass is 766 g/mol. The Morgan fingerprint density at radius 1 is 0.623 bits per heavy atom. The molecule has 1 rings (SSSR count). The highest BCUT2D eigenvalue weighted by molar-refractivity contribution is 7.80. The summed E-state index contributed by atoms with van der Waals surface area (Å²) < 4.78 is 0. The molecule has 0 bridgehead atoms. The first-order valence-electron chi connectivity index (χ1n) is 18.7. The molecule has 16 nitrogen and oxygen atoms in total. The number of hydroxylamine groups is 6. The van der Waals surface area contributed by atoms with Gasteiger partial charge in [0.15, 0.2) is 5.11 Å². The number of amides is 5. The fourth-order valence-corrected chi connectivity index (χ4v) is 5.06. The Morgan fingerprint density at radius 2 is 1.04 bits per heavy atom. The number of benzene rings is 1. The van der Waals surface area contributed by atoms with Crippen LogP contribution in [-0.4, -0.2) is 111 Å². The lowest BCUT2D eigenvalue weighted by molar-refractivity contribution is -0.166. The van der Waals surface area contributed by atoms with Crippen molar-refractivity contribution in [2.75, 3.05) is 49.9 Å². The van der Waals surface area contributed by atoms with Gasteiger partial charge in [-0.05, 0) is 108 Å². The van der Waals surface area contributed by atoms with Crippen LogP contribution in [0.25, 0.3) is 0 Å². The molecule has 0 spiro atoms. The van der Waals surface area contributed by atoms with Crippen molar-refractivity contribution in [3.8, 4) is 0 Å². The predicted octanol–water partition coefficient (Wildman–Crippen LogP) is 4.16. The Balaban J connectivity index is 2.02. The number of carbonyl (C=O) groups is 5. The van der Waals surface area contributed by atoms with Crippen molar-refractivity contribution in [3.05, 3.63) is 24.3 Å². The van der Waals surface area contributed by atoms with E-state index in [-0.39, 0.29) is 57.1 Å². The molecule has 8 N–H and O–H groups in total. The summed E-state index contributed by atoms with van der Waals surface area (Å²) in [7, 11) is 0. The third-order valence-corrected chi connectivity index (χ3v) is 8.56. The van der Waals surface area contributed by atoms with Crippen LogP contribution in [0.2, 0.25) is 0 Å². The van der Waals surface area contributed by atoms with E-state index in [4.69, 9.17) is 12.2 Å². The second-order valence-electron chi connectivity index (χ2n) is 13.0. The first-order chi connectivity index (χ1) is 25.3. The van der Waals surface area contributed by atoms with Gasteiger partial charge in [0, 0.05) is 89.3 Å². The third-order valence-electron chi connectivity index (χ3n) is 8.31. The normalized spacial score (nSPS) is 11.2. The molecule has 53 heavy (non-hydrogen) atoms. The van der Waals surface area contributed by atoms with Gasteiger partial charge in [-0.3, -0.25) is 39.6 Å². The first-order valence-corrected chi connectivity index (χ1v) is 19.1. The fraction of sp³-hybridized carbons (Fsp3) is 0.667. The quantitative estimate of drug-likeness (QED) is 0.0261. The second kappa shape index (κ2) is 28.4. The largest absolute Gasteiger partial charge is 0.383 e. The topological polar surface area (TPSA) is 216 Å². The smallest absolute Gasteiger partial charge is 0.246 e. The van der Waals surface area contributed by atoms with Crippen LogP contribution in [-0.2, 0) is 24.0 Å². The summed E-state index contributed by atoms with van der Waals surface area (Å²) in [5.74, 6) is -2.10. The van der Waals surface area contributed by atoms with Gasteiger partial charge >= 0.3 is 0 Å². The Labute approximate surface area is 319 Å². The van der Waals surface area contributed by atoms with E-state index < -0.39 is 17.7 Å². The van der Waals surface area contributed by atoms with Gasteiger partial charge in [0.1, 0.15) is 0 Å². The Morgan fingerprint density at radius 3 is 1.47 bits per heavy atom. The van der Waals surface area contributed by atoms with E-state index in [0.717, 1.165) is 30.6 Å². The van der Waals surface area contributed by atoms with Gasteiger partial charge in [0.05, 0.1) is 0 Å². The molecule has 1 aromatic carbocycles. The second-order valence-corrected chi connectivity index (χ2v) is 13.4. The highest BCUT2D eigenvalue weighted by Gasteiger charge is 2.14. The van der Waals surface area contributed by atoms with Crippen LogP contribution < -0.4 is 26.6 Å². The van der Waals surface area contributed by atoms with E-state index in [9.17, 15) is 39.6 Å². The van der Waals surface area contributed by atoms with Crippen LogP contribution in [0, 0.1) is 0 Å². The van der Waals surface area contributed by atoms with Gasteiger partial charge in [-0.2, -0.15) is 0 Å². The standard InChI is InChI=1S/C36H62N8O8S/c1-4-28(2)40-30-14-16-31(17-15-30)41-36(53)39-24-10-7-13-27-44(52)35(49)21-19-33(47)38-23-9-6-12-26-43(51)34(48)20-18-32(46)37-22-8-5-11-25-42(50)29(3)45/h14-17,28,40,50-52H,4-13,18-27H2,1-3H3,(H,37,46)(H,38,47)(H2,39,41,53).